The summed E-state index contributed by atoms with van der Waals surface area (Å²) in [7, 11) is 0. The maximum Gasteiger partial charge on any atom is 0.326 e. The molecule has 0 aliphatic carbocycles. The van der Waals surface area contributed by atoms with E-state index in [2.05, 4.69) is 4.98 Å². The third-order valence-electron chi connectivity index (χ3n) is 5.04. The van der Waals surface area contributed by atoms with Crippen LogP contribution in [0.5, 0.6) is 0 Å². The predicted octanol–water partition coefficient (Wildman–Crippen LogP) is 0.796. The summed E-state index contributed by atoms with van der Waals surface area (Å²) in [6, 6.07) is 5.45. The molecule has 0 radical (unpaired) electrons. The van der Waals surface area contributed by atoms with Crippen molar-refractivity contribution >= 4 is 22.8 Å². The lowest BCUT2D eigenvalue weighted by Gasteiger charge is -2.44. The molecule has 0 bridgehead atoms. The van der Waals surface area contributed by atoms with Crippen LogP contribution < -0.4 is 5.69 Å². The molecule has 0 unspecified atom stereocenters. The maximum atomic E-state index is 12.6. The molecule has 24 heavy (non-hydrogen) atoms. The topological polar surface area (TPSA) is 78.4 Å². The number of fused-ring (bicyclic) bond motifs is 1. The second kappa shape index (κ2) is 5.51. The fourth-order valence-corrected chi connectivity index (χ4v) is 3.66. The van der Waals surface area contributed by atoms with E-state index < -0.39 is 0 Å². The number of hydrogen-bond acceptors (Lipinski definition) is 3. The molecule has 2 amide bonds. The van der Waals surface area contributed by atoms with Crippen LogP contribution in [0.15, 0.2) is 23.0 Å². The van der Waals surface area contributed by atoms with Gasteiger partial charge >= 0.3 is 5.69 Å². The highest BCUT2D eigenvalue weighted by Crippen LogP contribution is 2.23. The summed E-state index contributed by atoms with van der Waals surface area (Å²) < 4.78 is 1.62. The van der Waals surface area contributed by atoms with Gasteiger partial charge in [-0.05, 0) is 31.5 Å². The van der Waals surface area contributed by atoms with Crippen LogP contribution in [0.25, 0.3) is 11.0 Å². The molecule has 0 atom stereocenters. The number of nitrogens with one attached hydrogen (secondary N) is 1. The van der Waals surface area contributed by atoms with E-state index in [4.69, 9.17) is 0 Å². The van der Waals surface area contributed by atoms with Crippen molar-refractivity contribution in [1.82, 2.24) is 19.4 Å². The zero-order valence-corrected chi connectivity index (χ0v) is 13.6. The first-order chi connectivity index (χ1) is 11.6. The van der Waals surface area contributed by atoms with Crippen molar-refractivity contribution in [1.29, 1.82) is 0 Å². The molecule has 7 nitrogen and oxygen atoms in total. The van der Waals surface area contributed by atoms with Crippen LogP contribution in [0.3, 0.4) is 0 Å². The summed E-state index contributed by atoms with van der Waals surface area (Å²) in [6.45, 7) is 4.45. The number of likely N-dealkylation sites (tertiary alicyclic amines) is 2. The third-order valence-corrected chi connectivity index (χ3v) is 5.04. The zero-order valence-electron chi connectivity index (χ0n) is 13.6. The molecular weight excluding hydrogens is 308 g/mol. The Kier molecular flexibility index (Phi) is 3.44. The van der Waals surface area contributed by atoms with Gasteiger partial charge in [-0.25, -0.2) is 4.79 Å². The van der Waals surface area contributed by atoms with Crippen molar-refractivity contribution in [2.75, 3.05) is 19.6 Å². The Hall–Kier alpha value is -2.57. The molecule has 2 saturated heterocycles. The molecular formula is C17H20N4O3. The first-order valence-electron chi connectivity index (χ1n) is 8.40. The van der Waals surface area contributed by atoms with Crippen molar-refractivity contribution in [2.24, 2.45) is 0 Å². The van der Waals surface area contributed by atoms with Crippen molar-refractivity contribution in [3.63, 3.8) is 0 Å². The Labute approximate surface area is 138 Å². The minimum Gasteiger partial charge on any atom is -0.336 e. The third kappa shape index (κ3) is 2.23. The molecule has 3 heterocycles. The average molecular weight is 328 g/mol. The lowest BCUT2D eigenvalue weighted by Crippen LogP contribution is -2.61. The van der Waals surface area contributed by atoms with E-state index in [0.29, 0.717) is 31.6 Å². The molecule has 7 heteroatoms. The molecule has 4 rings (SSSR count). The molecule has 0 spiro atoms. The first-order valence-corrected chi connectivity index (χ1v) is 8.40. The van der Waals surface area contributed by atoms with Gasteiger partial charge in [0.15, 0.2) is 0 Å². The molecule has 1 aromatic carbocycles. The second-order valence-electron chi connectivity index (χ2n) is 6.46. The Morgan fingerprint density at radius 1 is 1.29 bits per heavy atom. The molecule has 2 fully saturated rings. The number of rotatable bonds is 3. The first kappa shape index (κ1) is 15.0. The summed E-state index contributed by atoms with van der Waals surface area (Å²) in [5.74, 6) is 0.156. The number of H-pyrrole nitrogens is 1. The predicted molar refractivity (Wildman–Crippen MR) is 88.9 cm³/mol. The highest BCUT2D eigenvalue weighted by atomic mass is 16.2. The van der Waals surface area contributed by atoms with E-state index in [1.165, 1.54) is 0 Å². The fourth-order valence-electron chi connectivity index (χ4n) is 3.66. The molecule has 126 valence electrons. The SMILES string of the molecule is CCn1c(=O)[nH]c2ccc(C(=O)N3CC(N4CCCC4=O)C3)cc21. The zero-order chi connectivity index (χ0) is 16.8. The quantitative estimate of drug-likeness (QED) is 0.905. The maximum absolute atomic E-state index is 12.6. The molecule has 1 aromatic heterocycles. The largest absolute Gasteiger partial charge is 0.336 e. The van der Waals surface area contributed by atoms with Crippen LogP contribution in [0.1, 0.15) is 30.1 Å². The summed E-state index contributed by atoms with van der Waals surface area (Å²) in [5, 5.41) is 0. The smallest absolute Gasteiger partial charge is 0.326 e. The van der Waals surface area contributed by atoms with Crippen LogP contribution in [0.2, 0.25) is 0 Å². The van der Waals surface area contributed by atoms with Crippen molar-refractivity contribution in [3.8, 4) is 0 Å². The second-order valence-corrected chi connectivity index (χ2v) is 6.46. The summed E-state index contributed by atoms with van der Waals surface area (Å²) in [5.41, 5.74) is 1.91. The number of carbonyl (C=O) groups excluding carboxylic acids is 2. The Morgan fingerprint density at radius 3 is 2.75 bits per heavy atom. The number of aromatic amines is 1. The number of amides is 2. The molecule has 2 aromatic rings. The lowest BCUT2D eigenvalue weighted by molar-refractivity contribution is -0.132. The lowest BCUT2D eigenvalue weighted by atomic mass is 10.0. The van der Waals surface area contributed by atoms with E-state index in [-0.39, 0.29) is 23.5 Å². The number of benzene rings is 1. The summed E-state index contributed by atoms with van der Waals surface area (Å²) in [4.78, 5) is 42.7. The minimum absolute atomic E-state index is 0.0453. The standard InChI is InChI=1S/C17H20N4O3/c1-2-20-14-8-11(5-6-13(14)18-17(20)24)16(23)19-9-12(10-19)21-7-3-4-15(21)22/h5-6,8,12H,2-4,7,9-10H2,1H3,(H,18,24). The van der Waals surface area contributed by atoms with E-state index in [9.17, 15) is 14.4 Å². The van der Waals surface area contributed by atoms with Crippen LogP contribution in [0, 0.1) is 0 Å². The van der Waals surface area contributed by atoms with Gasteiger partial charge in [-0.15, -0.1) is 0 Å². The Balaban J connectivity index is 1.52. The Morgan fingerprint density at radius 2 is 2.08 bits per heavy atom. The van der Waals surface area contributed by atoms with E-state index in [0.717, 1.165) is 24.0 Å². The number of nitrogens with zero attached hydrogens (tertiary/aromatic N) is 3. The van der Waals surface area contributed by atoms with Gasteiger partial charge in [0, 0.05) is 38.2 Å². The molecule has 2 aliphatic rings. The molecule has 2 aliphatic heterocycles. The van der Waals surface area contributed by atoms with Crippen molar-refractivity contribution in [2.45, 2.75) is 32.4 Å². The normalized spacial score (nSPS) is 18.5. The van der Waals surface area contributed by atoms with Gasteiger partial charge in [0.05, 0.1) is 17.1 Å². The van der Waals surface area contributed by atoms with Crippen molar-refractivity contribution in [3.05, 3.63) is 34.2 Å². The summed E-state index contributed by atoms with van der Waals surface area (Å²) in [6.07, 6.45) is 1.55. The summed E-state index contributed by atoms with van der Waals surface area (Å²) >= 11 is 0. The molecule has 0 saturated carbocycles. The number of imidazole rings is 1. The minimum atomic E-state index is -0.159. The van der Waals surface area contributed by atoms with E-state index in [1.54, 1.807) is 27.7 Å². The van der Waals surface area contributed by atoms with Gasteiger partial charge < -0.3 is 14.8 Å². The fraction of sp³-hybridized carbons (Fsp3) is 0.471. The van der Waals surface area contributed by atoms with E-state index in [1.807, 2.05) is 11.8 Å². The van der Waals surface area contributed by atoms with Gasteiger partial charge in [0.25, 0.3) is 5.91 Å². The van der Waals surface area contributed by atoms with Crippen LogP contribution in [-0.2, 0) is 11.3 Å². The highest BCUT2D eigenvalue weighted by Gasteiger charge is 2.38. The van der Waals surface area contributed by atoms with Gasteiger partial charge in [-0.2, -0.15) is 0 Å². The van der Waals surface area contributed by atoms with Crippen LogP contribution in [0.4, 0.5) is 0 Å². The highest BCUT2D eigenvalue weighted by molar-refractivity contribution is 5.98. The number of hydrogen-bond donors (Lipinski definition) is 1. The van der Waals surface area contributed by atoms with Gasteiger partial charge in [0.2, 0.25) is 5.91 Å². The average Bonchev–Trinajstić information content (AvgIpc) is 3.07. The van der Waals surface area contributed by atoms with E-state index >= 15 is 0 Å². The number of aryl methyl sites for hydroxylation is 1. The number of aromatic nitrogens is 2. The van der Waals surface area contributed by atoms with Crippen molar-refractivity contribution < 1.29 is 9.59 Å². The Bertz CT molecular complexity index is 876. The van der Waals surface area contributed by atoms with Crippen LogP contribution in [-0.4, -0.2) is 56.8 Å². The van der Waals surface area contributed by atoms with Gasteiger partial charge in [0.1, 0.15) is 0 Å². The monoisotopic (exact) mass is 328 g/mol. The van der Waals surface area contributed by atoms with Gasteiger partial charge in [-0.3, -0.25) is 14.2 Å². The van der Waals surface area contributed by atoms with Gasteiger partial charge in [-0.1, -0.05) is 0 Å². The van der Waals surface area contributed by atoms with Crippen LogP contribution >= 0.6 is 0 Å². The molecule has 1 N–H and O–H groups in total. The number of carbonyl (C=O) groups is 2.